The average molecular weight is 299 g/mol. The van der Waals surface area contributed by atoms with Gasteiger partial charge in [-0.1, -0.05) is 36.8 Å². The molecule has 1 aliphatic heterocycles. The minimum atomic E-state index is -0.427. The predicted molar refractivity (Wildman–Crippen MR) is 92.7 cm³/mol. The monoisotopic (exact) mass is 299 g/mol. The van der Waals surface area contributed by atoms with Crippen molar-refractivity contribution in [2.45, 2.75) is 46.1 Å². The molecule has 0 radical (unpaired) electrons. The van der Waals surface area contributed by atoms with Crippen molar-refractivity contribution in [1.29, 1.82) is 0 Å². The topological polar surface area (TPSA) is 38.3 Å². The lowest BCUT2D eigenvalue weighted by Crippen LogP contribution is -2.23. The SMILES string of the molecule is CCC1=Cc2cc(/C=C/CC(=O)OC(C)(C)C)ccc2NC1. The van der Waals surface area contributed by atoms with E-state index in [2.05, 4.69) is 36.5 Å². The van der Waals surface area contributed by atoms with Gasteiger partial charge in [-0.3, -0.25) is 4.79 Å². The molecule has 0 spiro atoms. The molecule has 0 aromatic heterocycles. The summed E-state index contributed by atoms with van der Waals surface area (Å²) >= 11 is 0. The number of anilines is 1. The largest absolute Gasteiger partial charge is 0.460 e. The maximum absolute atomic E-state index is 11.7. The fraction of sp³-hybridized carbons (Fsp3) is 0.421. The van der Waals surface area contributed by atoms with Crippen molar-refractivity contribution in [3.05, 3.63) is 41.0 Å². The summed E-state index contributed by atoms with van der Waals surface area (Å²) in [6.07, 6.45) is 7.43. The maximum atomic E-state index is 11.7. The predicted octanol–water partition coefficient (Wildman–Crippen LogP) is 4.65. The molecule has 0 unspecified atom stereocenters. The lowest BCUT2D eigenvalue weighted by Gasteiger charge is -2.19. The fourth-order valence-corrected chi connectivity index (χ4v) is 2.35. The molecule has 0 atom stereocenters. The zero-order valence-corrected chi connectivity index (χ0v) is 13.9. The molecule has 1 aromatic carbocycles. The first kappa shape index (κ1) is 16.3. The highest BCUT2D eigenvalue weighted by atomic mass is 16.6. The molecule has 3 nitrogen and oxygen atoms in total. The highest BCUT2D eigenvalue weighted by molar-refractivity contribution is 5.76. The van der Waals surface area contributed by atoms with Crippen LogP contribution >= 0.6 is 0 Å². The first-order valence-corrected chi connectivity index (χ1v) is 7.83. The van der Waals surface area contributed by atoms with Crippen LogP contribution in [-0.2, 0) is 9.53 Å². The van der Waals surface area contributed by atoms with Gasteiger partial charge in [-0.15, -0.1) is 0 Å². The number of hydrogen-bond acceptors (Lipinski definition) is 3. The van der Waals surface area contributed by atoms with E-state index in [4.69, 9.17) is 4.74 Å². The third-order valence-electron chi connectivity index (χ3n) is 3.41. The second-order valence-corrected chi connectivity index (χ2v) is 6.55. The smallest absolute Gasteiger partial charge is 0.310 e. The Morgan fingerprint density at radius 2 is 2.14 bits per heavy atom. The molecule has 22 heavy (non-hydrogen) atoms. The number of esters is 1. The normalized spacial score (nSPS) is 14.3. The third kappa shape index (κ3) is 4.76. The fourth-order valence-electron chi connectivity index (χ4n) is 2.35. The molecule has 0 saturated heterocycles. The summed E-state index contributed by atoms with van der Waals surface area (Å²) in [4.78, 5) is 11.7. The Morgan fingerprint density at radius 3 is 2.82 bits per heavy atom. The van der Waals surface area contributed by atoms with Gasteiger partial charge in [0.25, 0.3) is 0 Å². The van der Waals surface area contributed by atoms with Gasteiger partial charge in [0.1, 0.15) is 5.60 Å². The van der Waals surface area contributed by atoms with Gasteiger partial charge < -0.3 is 10.1 Å². The van der Waals surface area contributed by atoms with E-state index in [0.29, 0.717) is 6.42 Å². The van der Waals surface area contributed by atoms with Gasteiger partial charge in [-0.05, 0) is 50.5 Å². The summed E-state index contributed by atoms with van der Waals surface area (Å²) in [6, 6.07) is 6.29. The number of fused-ring (bicyclic) bond motifs is 1. The molecule has 1 N–H and O–H groups in total. The molecular weight excluding hydrogens is 274 g/mol. The van der Waals surface area contributed by atoms with Gasteiger partial charge in [0.2, 0.25) is 0 Å². The number of nitrogens with one attached hydrogen (secondary N) is 1. The molecule has 1 aromatic rings. The zero-order valence-electron chi connectivity index (χ0n) is 13.9. The van der Waals surface area contributed by atoms with Crippen LogP contribution in [0.5, 0.6) is 0 Å². The maximum Gasteiger partial charge on any atom is 0.310 e. The molecule has 0 fully saturated rings. The van der Waals surface area contributed by atoms with Gasteiger partial charge in [0.05, 0.1) is 6.42 Å². The Balaban J connectivity index is 2.01. The minimum absolute atomic E-state index is 0.198. The van der Waals surface area contributed by atoms with Crippen LogP contribution in [0.3, 0.4) is 0 Å². The number of carbonyl (C=O) groups excluding carboxylic acids is 1. The molecule has 0 bridgehead atoms. The lowest BCUT2D eigenvalue weighted by molar-refractivity contribution is -0.153. The van der Waals surface area contributed by atoms with E-state index < -0.39 is 5.60 Å². The minimum Gasteiger partial charge on any atom is -0.460 e. The average Bonchev–Trinajstić information content (AvgIpc) is 2.44. The molecule has 0 saturated carbocycles. The lowest BCUT2D eigenvalue weighted by atomic mass is 10.0. The van der Waals surface area contributed by atoms with Crippen LogP contribution in [0, 0.1) is 0 Å². The number of benzene rings is 1. The zero-order chi connectivity index (χ0) is 16.2. The van der Waals surface area contributed by atoms with Gasteiger partial charge >= 0.3 is 5.97 Å². The summed E-state index contributed by atoms with van der Waals surface area (Å²) in [5.74, 6) is -0.198. The van der Waals surface area contributed by atoms with E-state index >= 15 is 0 Å². The first-order valence-electron chi connectivity index (χ1n) is 7.83. The summed E-state index contributed by atoms with van der Waals surface area (Å²) in [5, 5.41) is 3.42. The van der Waals surface area contributed by atoms with Gasteiger partial charge in [-0.25, -0.2) is 0 Å². The number of hydrogen-bond donors (Lipinski definition) is 1. The van der Waals surface area contributed by atoms with Crippen molar-refractivity contribution in [2.75, 3.05) is 11.9 Å². The van der Waals surface area contributed by atoms with Gasteiger partial charge in [0.15, 0.2) is 0 Å². The van der Waals surface area contributed by atoms with Crippen LogP contribution in [0.15, 0.2) is 29.8 Å². The molecule has 1 aliphatic rings. The van der Waals surface area contributed by atoms with Crippen molar-refractivity contribution >= 4 is 23.8 Å². The Morgan fingerprint density at radius 1 is 1.36 bits per heavy atom. The second-order valence-electron chi connectivity index (χ2n) is 6.55. The van der Waals surface area contributed by atoms with Crippen molar-refractivity contribution in [2.24, 2.45) is 0 Å². The summed E-state index contributed by atoms with van der Waals surface area (Å²) in [5.41, 5.74) is 4.45. The number of ether oxygens (including phenoxy) is 1. The van der Waals surface area contributed by atoms with Crippen LogP contribution in [0.2, 0.25) is 0 Å². The number of carbonyl (C=O) groups is 1. The van der Waals surface area contributed by atoms with Crippen LogP contribution < -0.4 is 5.32 Å². The van der Waals surface area contributed by atoms with Crippen LogP contribution in [0.25, 0.3) is 12.2 Å². The second kappa shape index (κ2) is 6.82. The van der Waals surface area contributed by atoms with E-state index in [0.717, 1.165) is 18.5 Å². The molecule has 2 rings (SSSR count). The Bertz CT molecular complexity index is 606. The van der Waals surface area contributed by atoms with E-state index in [-0.39, 0.29) is 5.97 Å². The third-order valence-corrected chi connectivity index (χ3v) is 3.41. The van der Waals surface area contributed by atoms with E-state index in [1.54, 1.807) is 0 Å². The van der Waals surface area contributed by atoms with Crippen molar-refractivity contribution in [3.8, 4) is 0 Å². The van der Waals surface area contributed by atoms with E-state index in [1.807, 2.05) is 32.9 Å². The van der Waals surface area contributed by atoms with Crippen molar-refractivity contribution in [1.82, 2.24) is 0 Å². The van der Waals surface area contributed by atoms with Crippen molar-refractivity contribution < 1.29 is 9.53 Å². The van der Waals surface area contributed by atoms with E-state index in [1.165, 1.54) is 16.8 Å². The van der Waals surface area contributed by atoms with Crippen LogP contribution in [-0.4, -0.2) is 18.1 Å². The van der Waals surface area contributed by atoms with Crippen molar-refractivity contribution in [3.63, 3.8) is 0 Å². The Kier molecular flexibility index (Phi) is 5.07. The number of rotatable bonds is 4. The molecule has 3 heteroatoms. The molecule has 0 amide bonds. The Labute approximate surface area is 133 Å². The highest BCUT2D eigenvalue weighted by Crippen LogP contribution is 2.26. The van der Waals surface area contributed by atoms with Gasteiger partial charge in [0, 0.05) is 12.2 Å². The summed E-state index contributed by atoms with van der Waals surface area (Å²) < 4.78 is 5.29. The van der Waals surface area contributed by atoms with Crippen LogP contribution in [0.1, 0.15) is 51.7 Å². The van der Waals surface area contributed by atoms with E-state index in [9.17, 15) is 4.79 Å². The quantitative estimate of drug-likeness (QED) is 0.822. The summed E-state index contributed by atoms with van der Waals surface area (Å²) in [6.45, 7) is 8.73. The first-order chi connectivity index (χ1) is 10.4. The molecule has 0 aliphatic carbocycles. The van der Waals surface area contributed by atoms with Gasteiger partial charge in [-0.2, -0.15) is 0 Å². The highest BCUT2D eigenvalue weighted by Gasteiger charge is 2.14. The molecular formula is C19H25NO2. The standard InChI is InChI=1S/C19H25NO2/c1-5-14-11-16-12-15(9-10-17(16)20-13-14)7-6-8-18(21)22-19(2,3)4/h6-7,9-12,20H,5,8,13H2,1-4H3/b7-6+. The Hall–Kier alpha value is -2.03. The van der Waals surface area contributed by atoms with Crippen LogP contribution in [0.4, 0.5) is 5.69 Å². The molecule has 1 heterocycles. The summed E-state index contributed by atoms with van der Waals surface area (Å²) in [7, 11) is 0. The molecule has 118 valence electrons.